The van der Waals surface area contributed by atoms with Gasteiger partial charge in [-0.05, 0) is 6.92 Å². The maximum atomic E-state index is 13.2. The van der Waals surface area contributed by atoms with E-state index < -0.39 is 278 Å². The third kappa shape index (κ3) is 16.2. The van der Waals surface area contributed by atoms with Gasteiger partial charge in [-0.1, -0.05) is 0 Å². The van der Waals surface area contributed by atoms with Gasteiger partial charge in [-0.3, -0.25) is 19.2 Å². The minimum Gasteiger partial charge on any atom is -0.394 e. The standard InChI is InChI=1S/C50H84N4O35/c1-12-27(65)35(73)36(74)48(77-12)89-43-42(88-45-23(51-13(2)61)33(71)28(66)17(6-55)79-45)32(70)21(10-59)82-50(43)86-40-26(54-16(5)64)47(80-19(8-57)30(40)68)87-41-31(69)20(9-58)81-49(37(41)75)84-38-22(11-60)83-46(24(34(38)72)52-14(3)62)85-39-25(53-15(4)63)44(76)78-18(7-56)29(39)67/h12,17-50,55-60,65-76H,6-11H2,1-5H3,(H,51,61)(H,52,62)(H,53,63)(H,54,64)/t12-,17+,18+,19+,20+,21+,22+,23+,24+,25+,26+,27+,28-,29-,30+,31-,32-,33+,34+,35+,36-,37+,38+,39+,40+,41-,42-,43+,44-,45+,46-,47-,48-,49-,50-/m0/s1. The van der Waals surface area contributed by atoms with Crippen molar-refractivity contribution < 1.29 is 173 Å². The molecule has 7 rings (SSSR count). The summed E-state index contributed by atoms with van der Waals surface area (Å²) < 4.78 is 77.1. The summed E-state index contributed by atoms with van der Waals surface area (Å²) in [6.45, 7) is -0.919. The van der Waals surface area contributed by atoms with Crippen LogP contribution in [0.25, 0.3) is 0 Å². The lowest BCUT2D eigenvalue weighted by atomic mass is 9.93. The molecule has 0 aromatic rings. The molecule has 0 radical (unpaired) electrons. The maximum absolute atomic E-state index is 13.2. The summed E-state index contributed by atoms with van der Waals surface area (Å²) in [6.07, 6.45) is -60.4. The highest BCUT2D eigenvalue weighted by Crippen LogP contribution is 2.39. The SMILES string of the molecule is CC(=O)N[C@@H]1[C@@H](O[C@@H]2O[C@H](CO)[C@@H](O[C@@H]3O[C@H](CO)[C@H](O)[C@H](O[C@@H]4O[C@H](CO)[C@@H](O)[C@H](O[C@@H]5O[C@H](CO)[C@H](O)[C@H](O[C@H]6O[C@H](CO)[C@H](O)[C@H](O)[C@H]6NC(C)=O)[C@H]5O[C@@H]5O[C@@H](C)[C@@H](O)[C@@H](O)[C@@H]5O)[C@H]4NC(C)=O)[C@H]3O)[C@H](O)[C@H]2NC(C)=O)[C@@H](O)[C@@H](CO)O[C@@H]1O. The first-order valence-corrected chi connectivity index (χ1v) is 28.5. The predicted molar refractivity (Wildman–Crippen MR) is 277 cm³/mol. The van der Waals surface area contributed by atoms with Crippen LogP contribution in [0.5, 0.6) is 0 Å². The number of aliphatic hydroxyl groups is 18. The van der Waals surface area contributed by atoms with E-state index in [0.717, 1.165) is 27.7 Å². The van der Waals surface area contributed by atoms with E-state index in [4.69, 9.17) is 61.6 Å². The van der Waals surface area contributed by atoms with Gasteiger partial charge >= 0.3 is 0 Å². The number of ether oxygens (including phenoxy) is 13. The van der Waals surface area contributed by atoms with Gasteiger partial charge in [0.2, 0.25) is 23.6 Å². The molecule has 35 atom stereocenters. The van der Waals surface area contributed by atoms with E-state index in [1.54, 1.807) is 0 Å². The molecule has 0 aromatic carbocycles. The number of amides is 4. The Morgan fingerprint density at radius 2 is 0.629 bits per heavy atom. The summed E-state index contributed by atoms with van der Waals surface area (Å²) in [5.74, 6) is -3.36. The highest BCUT2D eigenvalue weighted by atomic mass is 16.8. The molecule has 4 amide bonds. The second-order valence-corrected chi connectivity index (χ2v) is 22.5. The highest BCUT2D eigenvalue weighted by molar-refractivity contribution is 5.74. The molecule has 514 valence electrons. The van der Waals surface area contributed by atoms with Crippen molar-refractivity contribution in [3.63, 3.8) is 0 Å². The van der Waals surface area contributed by atoms with E-state index in [2.05, 4.69) is 21.3 Å². The van der Waals surface area contributed by atoms with E-state index in [1.807, 2.05) is 0 Å². The minimum absolute atomic E-state index is 0.749. The van der Waals surface area contributed by atoms with Crippen LogP contribution in [0.3, 0.4) is 0 Å². The fraction of sp³-hybridized carbons (Fsp3) is 0.920. The van der Waals surface area contributed by atoms with Crippen molar-refractivity contribution in [2.75, 3.05) is 39.6 Å². The summed E-state index contributed by atoms with van der Waals surface area (Å²) >= 11 is 0. The van der Waals surface area contributed by atoms with Gasteiger partial charge in [0.25, 0.3) is 0 Å². The first kappa shape index (κ1) is 73.1. The van der Waals surface area contributed by atoms with Gasteiger partial charge in [-0.2, -0.15) is 0 Å². The molecular formula is C50H84N4O35. The lowest BCUT2D eigenvalue weighted by molar-refractivity contribution is -0.401. The van der Waals surface area contributed by atoms with Crippen molar-refractivity contribution in [3.8, 4) is 0 Å². The van der Waals surface area contributed by atoms with Crippen LogP contribution in [0.15, 0.2) is 0 Å². The van der Waals surface area contributed by atoms with Crippen molar-refractivity contribution in [3.05, 3.63) is 0 Å². The second kappa shape index (κ2) is 31.7. The quantitative estimate of drug-likeness (QED) is 0.0479. The van der Waals surface area contributed by atoms with Gasteiger partial charge < -0.3 is 175 Å². The summed E-state index contributed by atoms with van der Waals surface area (Å²) in [4.78, 5) is 50.5. The van der Waals surface area contributed by atoms with Crippen LogP contribution in [0.2, 0.25) is 0 Å². The molecule has 89 heavy (non-hydrogen) atoms. The summed E-state index contributed by atoms with van der Waals surface area (Å²) in [5.41, 5.74) is 0. The van der Waals surface area contributed by atoms with Crippen molar-refractivity contribution in [1.29, 1.82) is 0 Å². The first-order chi connectivity index (χ1) is 42.0. The lowest BCUT2D eigenvalue weighted by Gasteiger charge is -2.52. The van der Waals surface area contributed by atoms with Crippen molar-refractivity contribution in [1.82, 2.24) is 21.3 Å². The van der Waals surface area contributed by atoms with Gasteiger partial charge in [-0.25, -0.2) is 0 Å². The van der Waals surface area contributed by atoms with Crippen LogP contribution in [-0.4, -0.2) is 370 Å². The largest absolute Gasteiger partial charge is 0.394 e. The fourth-order valence-electron chi connectivity index (χ4n) is 11.5. The summed E-state index contributed by atoms with van der Waals surface area (Å²) in [6, 6.07) is -7.00. The average molecular weight is 1300 g/mol. The molecule has 39 nitrogen and oxygen atoms in total. The summed E-state index contributed by atoms with van der Waals surface area (Å²) in [7, 11) is 0. The van der Waals surface area contributed by atoms with Crippen LogP contribution < -0.4 is 21.3 Å². The molecule has 0 aromatic heterocycles. The second-order valence-electron chi connectivity index (χ2n) is 22.5. The molecule has 0 aliphatic carbocycles. The summed E-state index contributed by atoms with van der Waals surface area (Å²) in [5, 5.41) is 208. The zero-order chi connectivity index (χ0) is 65.8. The van der Waals surface area contributed by atoms with Crippen molar-refractivity contribution in [2.45, 2.75) is 249 Å². The Bertz CT molecular complexity index is 2290. The monoisotopic (exact) mass is 1300 g/mol. The fourth-order valence-corrected chi connectivity index (χ4v) is 11.5. The zero-order valence-corrected chi connectivity index (χ0v) is 48.4. The van der Waals surface area contributed by atoms with Crippen LogP contribution in [0.1, 0.15) is 34.6 Å². The Labute approximate surface area is 505 Å². The molecule has 0 bridgehead atoms. The lowest BCUT2D eigenvalue weighted by Crippen LogP contribution is -2.71. The molecule has 7 fully saturated rings. The Kier molecular flexibility index (Phi) is 26.0. The van der Waals surface area contributed by atoms with Gasteiger partial charge in [0.1, 0.15) is 165 Å². The molecule has 0 unspecified atom stereocenters. The highest BCUT2D eigenvalue weighted by Gasteiger charge is 2.60. The molecular weight excluding hydrogens is 1220 g/mol. The number of hydrogen-bond donors (Lipinski definition) is 22. The number of rotatable bonds is 22. The number of hydrogen-bond acceptors (Lipinski definition) is 35. The number of aliphatic hydroxyl groups excluding tert-OH is 18. The zero-order valence-electron chi connectivity index (χ0n) is 48.4. The number of nitrogens with one attached hydrogen (secondary N) is 4. The normalized spacial score (nSPS) is 48.0. The van der Waals surface area contributed by atoms with Crippen LogP contribution in [0, 0.1) is 0 Å². The van der Waals surface area contributed by atoms with E-state index in [9.17, 15) is 111 Å². The molecule has 7 aliphatic rings. The van der Waals surface area contributed by atoms with Gasteiger partial charge in [0.05, 0.1) is 45.7 Å². The molecule has 22 N–H and O–H groups in total. The predicted octanol–water partition coefficient (Wildman–Crippen LogP) is -14.7. The molecule has 0 spiro atoms. The van der Waals surface area contributed by atoms with Crippen molar-refractivity contribution in [2.24, 2.45) is 0 Å². The minimum atomic E-state index is -2.32. The van der Waals surface area contributed by atoms with Crippen LogP contribution >= 0.6 is 0 Å². The molecule has 7 saturated heterocycles. The molecule has 0 saturated carbocycles. The van der Waals surface area contributed by atoms with Gasteiger partial charge in [-0.15, -0.1) is 0 Å². The van der Waals surface area contributed by atoms with E-state index in [-0.39, 0.29) is 0 Å². The van der Waals surface area contributed by atoms with Crippen molar-refractivity contribution >= 4 is 23.6 Å². The number of carbonyl (C=O) groups excluding carboxylic acids is 4. The molecule has 7 aliphatic heterocycles. The average Bonchev–Trinajstić information content (AvgIpc) is 0.962. The Balaban J connectivity index is 1.21. The van der Waals surface area contributed by atoms with Gasteiger partial charge in [0.15, 0.2) is 44.0 Å². The third-order valence-electron chi connectivity index (χ3n) is 16.1. The van der Waals surface area contributed by atoms with Gasteiger partial charge in [0, 0.05) is 27.7 Å². The molecule has 39 heteroatoms. The molecule has 7 heterocycles. The first-order valence-electron chi connectivity index (χ1n) is 28.5. The maximum Gasteiger partial charge on any atom is 0.217 e. The third-order valence-corrected chi connectivity index (χ3v) is 16.1. The van der Waals surface area contributed by atoms with E-state index in [1.165, 1.54) is 6.92 Å². The Hall–Kier alpha value is -3.36. The Morgan fingerprint density at radius 1 is 0.292 bits per heavy atom. The van der Waals surface area contributed by atoms with E-state index in [0.29, 0.717) is 0 Å². The van der Waals surface area contributed by atoms with Crippen LogP contribution in [-0.2, 0) is 80.8 Å². The van der Waals surface area contributed by atoms with E-state index >= 15 is 0 Å². The topological polar surface area (TPSA) is 601 Å². The number of carbonyl (C=O) groups is 4. The smallest absolute Gasteiger partial charge is 0.217 e. The Morgan fingerprint density at radius 3 is 1.15 bits per heavy atom. The van der Waals surface area contributed by atoms with Crippen LogP contribution in [0.4, 0.5) is 0 Å².